The molecule has 56 valence electrons. The van der Waals surface area contributed by atoms with E-state index < -0.39 is 18.3 Å². The van der Waals surface area contributed by atoms with Crippen molar-refractivity contribution in [2.45, 2.75) is 33.4 Å². The number of rotatable bonds is 3. The van der Waals surface area contributed by atoms with Crippen molar-refractivity contribution in [2.75, 3.05) is 6.67 Å². The Morgan fingerprint density at radius 2 is 1.89 bits per heavy atom. The highest BCUT2D eigenvalue weighted by molar-refractivity contribution is 4.69. The van der Waals surface area contributed by atoms with E-state index in [2.05, 4.69) is 0 Å². The van der Waals surface area contributed by atoms with Gasteiger partial charge in [0.05, 0.1) is 12.8 Å². The highest BCUT2D eigenvalue weighted by Gasteiger charge is 2.20. The second-order valence-electron chi connectivity index (χ2n) is 3.28. The molecule has 1 unspecified atom stereocenters. The van der Waals surface area contributed by atoms with Gasteiger partial charge in [-0.2, -0.15) is 0 Å². The Balaban J connectivity index is 3.58. The normalized spacial score (nSPS) is 15.7. The zero-order valence-electron chi connectivity index (χ0n) is 6.25. The van der Waals surface area contributed by atoms with E-state index in [0.717, 1.165) is 0 Å². The Morgan fingerprint density at radius 3 is 2.00 bits per heavy atom. The van der Waals surface area contributed by atoms with E-state index in [4.69, 9.17) is 0 Å². The van der Waals surface area contributed by atoms with E-state index >= 15 is 0 Å². The average Bonchev–Trinajstić information content (AvgIpc) is 1.63. The molecule has 0 fully saturated rings. The Morgan fingerprint density at radius 1 is 1.44 bits per heavy atom. The van der Waals surface area contributed by atoms with E-state index in [9.17, 15) is 8.78 Å². The summed E-state index contributed by atoms with van der Waals surface area (Å²) in [6.07, 6.45) is -0.584. The molecule has 0 N–H and O–H groups in total. The molecule has 9 heavy (non-hydrogen) atoms. The first-order valence-electron chi connectivity index (χ1n) is 3.18. The van der Waals surface area contributed by atoms with Gasteiger partial charge < -0.3 is 0 Å². The maximum absolute atomic E-state index is 12.2. The molecule has 0 aromatic carbocycles. The topological polar surface area (TPSA) is 0 Å². The van der Waals surface area contributed by atoms with Gasteiger partial charge in [0.15, 0.2) is 0 Å². The molecule has 2 heteroatoms. The average molecular weight is 136 g/mol. The summed E-state index contributed by atoms with van der Waals surface area (Å²) in [5.41, 5.74) is -0.478. The second kappa shape index (κ2) is 3.14. The maximum Gasteiger partial charge on any atom is 0.0979 e. The third kappa shape index (κ3) is 4.37. The predicted molar refractivity (Wildman–Crippen MR) is 34.9 cm³/mol. The van der Waals surface area contributed by atoms with Crippen LogP contribution in [0, 0.1) is 5.41 Å². The van der Waals surface area contributed by atoms with Crippen LogP contribution in [0.5, 0.6) is 0 Å². The van der Waals surface area contributed by atoms with Gasteiger partial charge in [0.2, 0.25) is 0 Å². The zero-order valence-corrected chi connectivity index (χ0v) is 6.25. The number of hydrogen-bond acceptors (Lipinski definition) is 0. The monoisotopic (exact) mass is 136 g/mol. The van der Waals surface area contributed by atoms with Gasteiger partial charge in [0, 0.05) is 0 Å². The van der Waals surface area contributed by atoms with Gasteiger partial charge in [-0.05, 0) is 18.8 Å². The highest BCUT2D eigenvalue weighted by Crippen LogP contribution is 2.23. The lowest BCUT2D eigenvalue weighted by Gasteiger charge is -2.20. The minimum atomic E-state index is -0.893. The molecule has 0 aromatic heterocycles. The van der Waals surface area contributed by atoms with Crippen LogP contribution in [-0.2, 0) is 0 Å². The molecule has 0 aliphatic rings. The first kappa shape index (κ1) is 8.86. The number of alkyl halides is 2. The fourth-order valence-corrected chi connectivity index (χ4v) is 0.816. The summed E-state index contributed by atoms with van der Waals surface area (Å²) < 4.78 is 24.2. The van der Waals surface area contributed by atoms with Crippen LogP contribution < -0.4 is 0 Å². The summed E-state index contributed by atoms with van der Waals surface area (Å²) in [6.45, 7) is 4.46. The second-order valence-corrected chi connectivity index (χ2v) is 3.28. The van der Waals surface area contributed by atoms with E-state index in [1.54, 1.807) is 13.8 Å². The van der Waals surface area contributed by atoms with Gasteiger partial charge >= 0.3 is 0 Å². The molecule has 0 aliphatic heterocycles. The van der Waals surface area contributed by atoms with Gasteiger partial charge in [0.25, 0.3) is 0 Å². The predicted octanol–water partition coefficient (Wildman–Crippen LogP) is 2.73. The fourth-order valence-electron chi connectivity index (χ4n) is 0.816. The van der Waals surface area contributed by atoms with Crippen LogP contribution >= 0.6 is 0 Å². The summed E-state index contributed by atoms with van der Waals surface area (Å²) in [5, 5.41) is 0. The molecule has 1 atom stereocenters. The lowest BCUT2D eigenvalue weighted by atomic mass is 9.89. The summed E-state index contributed by atoms with van der Waals surface area (Å²) in [4.78, 5) is 0. The molecule has 0 saturated heterocycles. The summed E-state index contributed by atoms with van der Waals surface area (Å²) in [5.74, 6) is 0. The summed E-state index contributed by atoms with van der Waals surface area (Å²) in [6, 6.07) is 0. The van der Waals surface area contributed by atoms with Gasteiger partial charge in [-0.3, -0.25) is 4.39 Å². The molecular weight excluding hydrogens is 122 g/mol. The largest absolute Gasteiger partial charge is 0.251 e. The first-order chi connectivity index (χ1) is 3.98. The molecule has 0 aromatic rings. The van der Waals surface area contributed by atoms with E-state index in [1.807, 2.05) is 0 Å². The molecule has 0 rings (SSSR count). The smallest absolute Gasteiger partial charge is 0.0979 e. The third-order valence-corrected chi connectivity index (χ3v) is 1.20. The lowest BCUT2D eigenvalue weighted by molar-refractivity contribution is 0.179. The fraction of sp³-hybridized carbons (Fsp3) is 1.00. The molecule has 0 bridgehead atoms. The molecule has 0 amide bonds. The Hall–Kier alpha value is -0.140. The van der Waals surface area contributed by atoms with Gasteiger partial charge in [-0.25, -0.2) is 4.39 Å². The number of hydrogen-bond donors (Lipinski definition) is 0. The minimum absolute atomic E-state index is 0.309. The van der Waals surface area contributed by atoms with Gasteiger partial charge in [0.1, 0.15) is 0 Å². The van der Waals surface area contributed by atoms with Gasteiger partial charge in [-0.1, -0.05) is 13.8 Å². The van der Waals surface area contributed by atoms with Gasteiger partial charge in [-0.15, -0.1) is 0 Å². The van der Waals surface area contributed by atoms with Crippen LogP contribution in [0.4, 0.5) is 8.78 Å². The highest BCUT2D eigenvalue weighted by atomic mass is 19.1. The van der Waals surface area contributed by atoms with E-state index in [1.165, 1.54) is 6.92 Å². The van der Waals surface area contributed by atoms with Crippen LogP contribution in [-0.4, -0.2) is 12.8 Å². The van der Waals surface area contributed by atoms with Crippen LogP contribution in [0.25, 0.3) is 0 Å². The Bertz CT molecular complexity index is 77.0. The Labute approximate surface area is 55.3 Å². The van der Waals surface area contributed by atoms with E-state index in [-0.39, 0.29) is 0 Å². The molecule has 0 radical (unpaired) electrons. The molecule has 0 aliphatic carbocycles. The van der Waals surface area contributed by atoms with E-state index in [0.29, 0.717) is 6.42 Å². The molecule has 0 nitrogen and oxygen atoms in total. The molecule has 0 saturated carbocycles. The zero-order chi connectivity index (χ0) is 7.49. The van der Waals surface area contributed by atoms with Crippen molar-refractivity contribution in [1.29, 1.82) is 0 Å². The summed E-state index contributed by atoms with van der Waals surface area (Å²) >= 11 is 0. The molecule has 0 spiro atoms. The van der Waals surface area contributed by atoms with Crippen molar-refractivity contribution in [2.24, 2.45) is 5.41 Å². The van der Waals surface area contributed by atoms with Crippen molar-refractivity contribution in [3.63, 3.8) is 0 Å². The minimum Gasteiger partial charge on any atom is -0.251 e. The SMILES string of the molecule is CC(F)CC(C)(C)CF. The molecular formula is C7H14F2. The first-order valence-corrected chi connectivity index (χ1v) is 3.18. The standard InChI is InChI=1S/C7H14F2/c1-6(9)4-7(2,3)5-8/h6H,4-5H2,1-3H3. The van der Waals surface area contributed by atoms with Crippen molar-refractivity contribution in [3.05, 3.63) is 0 Å². The summed E-state index contributed by atoms with van der Waals surface area (Å²) in [7, 11) is 0. The maximum atomic E-state index is 12.2. The number of halogens is 2. The van der Waals surface area contributed by atoms with Crippen molar-refractivity contribution < 1.29 is 8.78 Å². The lowest BCUT2D eigenvalue weighted by Crippen LogP contribution is -2.18. The quantitative estimate of drug-likeness (QED) is 0.559. The van der Waals surface area contributed by atoms with Crippen molar-refractivity contribution in [3.8, 4) is 0 Å². The molecule has 0 heterocycles. The van der Waals surface area contributed by atoms with Crippen LogP contribution in [0.2, 0.25) is 0 Å². The van der Waals surface area contributed by atoms with Crippen LogP contribution in [0.3, 0.4) is 0 Å². The van der Waals surface area contributed by atoms with Crippen molar-refractivity contribution >= 4 is 0 Å². The van der Waals surface area contributed by atoms with Crippen LogP contribution in [0.15, 0.2) is 0 Å². The Kier molecular flexibility index (Phi) is 3.09. The van der Waals surface area contributed by atoms with Crippen LogP contribution in [0.1, 0.15) is 27.2 Å². The third-order valence-electron chi connectivity index (χ3n) is 1.20. The van der Waals surface area contributed by atoms with Crippen molar-refractivity contribution in [1.82, 2.24) is 0 Å².